The van der Waals surface area contributed by atoms with Crippen LogP contribution in [-0.2, 0) is 16.7 Å². The lowest BCUT2D eigenvalue weighted by atomic mass is 10.2. The molecule has 0 bridgehead atoms. The first kappa shape index (κ1) is 18.7. The molecule has 0 unspecified atom stereocenters. The van der Waals surface area contributed by atoms with Crippen LogP contribution in [0.15, 0.2) is 72.0 Å². The van der Waals surface area contributed by atoms with Crippen molar-refractivity contribution in [2.45, 2.75) is 18.4 Å². The lowest BCUT2D eigenvalue weighted by Gasteiger charge is -2.11. The minimum Gasteiger partial charge on any atom is -0.489 e. The van der Waals surface area contributed by atoms with Crippen LogP contribution in [0.25, 0.3) is 0 Å². The maximum Gasteiger partial charge on any atom is 0.339 e. The molecule has 0 saturated carbocycles. The van der Waals surface area contributed by atoms with E-state index in [-0.39, 0.29) is 10.6 Å². The van der Waals surface area contributed by atoms with Crippen LogP contribution in [-0.4, -0.2) is 20.0 Å². The Bertz CT molecular complexity index is 1010. The van der Waals surface area contributed by atoms with Crippen molar-refractivity contribution >= 4 is 15.9 Å². The molecular weight excluding hydrogens is 366 g/mol. The van der Waals surface area contributed by atoms with Crippen LogP contribution in [0.1, 0.15) is 5.56 Å². The molecule has 3 aromatic rings. The van der Waals surface area contributed by atoms with Gasteiger partial charge in [-0.2, -0.15) is 8.42 Å². The van der Waals surface area contributed by atoms with Gasteiger partial charge < -0.3 is 14.7 Å². The molecule has 1 aromatic heterocycles. The van der Waals surface area contributed by atoms with E-state index in [9.17, 15) is 8.42 Å². The van der Waals surface area contributed by atoms with Gasteiger partial charge in [0.05, 0.1) is 6.20 Å². The van der Waals surface area contributed by atoms with E-state index in [0.717, 1.165) is 5.56 Å². The van der Waals surface area contributed by atoms with Crippen molar-refractivity contribution in [3.63, 3.8) is 0 Å². The number of anilines is 1. The highest BCUT2D eigenvalue weighted by molar-refractivity contribution is 7.87. The van der Waals surface area contributed by atoms with Crippen molar-refractivity contribution in [1.29, 1.82) is 0 Å². The van der Waals surface area contributed by atoms with E-state index >= 15 is 0 Å². The molecule has 0 aliphatic carbocycles. The van der Waals surface area contributed by atoms with Gasteiger partial charge in [-0.25, -0.2) is 4.57 Å². The predicted molar refractivity (Wildman–Crippen MR) is 99.8 cm³/mol. The third-order valence-corrected chi connectivity index (χ3v) is 4.93. The van der Waals surface area contributed by atoms with Gasteiger partial charge in [0.1, 0.15) is 29.5 Å². The quantitative estimate of drug-likeness (QED) is 0.494. The van der Waals surface area contributed by atoms with Crippen LogP contribution in [0.5, 0.6) is 11.5 Å². The van der Waals surface area contributed by atoms with Gasteiger partial charge in [-0.05, 0) is 41.7 Å². The molecule has 2 N–H and O–H groups in total. The Hall–Kier alpha value is -3.13. The van der Waals surface area contributed by atoms with Crippen LogP contribution in [0.2, 0.25) is 0 Å². The highest BCUT2D eigenvalue weighted by atomic mass is 32.2. The highest BCUT2D eigenvalue weighted by Crippen LogP contribution is 2.25. The zero-order valence-electron chi connectivity index (χ0n) is 14.8. The smallest absolute Gasteiger partial charge is 0.339 e. The number of aromatic nitrogens is 2. The van der Waals surface area contributed by atoms with Gasteiger partial charge in [-0.3, -0.25) is 0 Å². The third kappa shape index (κ3) is 5.18. The zero-order chi connectivity index (χ0) is 19.3. The summed E-state index contributed by atoms with van der Waals surface area (Å²) in [5.74, 6) is 1.18. The minimum atomic E-state index is -3.89. The Morgan fingerprint density at radius 2 is 1.81 bits per heavy atom. The van der Waals surface area contributed by atoms with Crippen LogP contribution in [0.3, 0.4) is 0 Å². The van der Waals surface area contributed by atoms with Gasteiger partial charge in [0.2, 0.25) is 5.82 Å². The lowest BCUT2D eigenvalue weighted by Crippen LogP contribution is -2.36. The van der Waals surface area contributed by atoms with E-state index in [4.69, 9.17) is 14.7 Å². The molecule has 2 aromatic carbocycles. The van der Waals surface area contributed by atoms with E-state index in [1.54, 1.807) is 42.7 Å². The number of benzene rings is 2. The molecule has 8 heteroatoms. The molecule has 27 heavy (non-hydrogen) atoms. The van der Waals surface area contributed by atoms with Crippen molar-refractivity contribution in [2.75, 3.05) is 12.3 Å². The van der Waals surface area contributed by atoms with Crippen molar-refractivity contribution < 1.29 is 21.9 Å². The van der Waals surface area contributed by atoms with Gasteiger partial charge in [-0.1, -0.05) is 18.2 Å². The number of nitrogens with zero attached hydrogens (tertiary/aromatic N) is 2. The Balaban J connectivity index is 1.68. The SMILES string of the molecule is Cc1cc(OCC[n+]2ccc(N)nc2)cc(OS(=O)(=O)c2ccccc2)c1. The molecule has 0 amide bonds. The largest absolute Gasteiger partial charge is 0.489 e. The van der Waals surface area contributed by atoms with Gasteiger partial charge >= 0.3 is 10.1 Å². The fourth-order valence-electron chi connectivity index (χ4n) is 2.40. The summed E-state index contributed by atoms with van der Waals surface area (Å²) in [5.41, 5.74) is 6.38. The summed E-state index contributed by atoms with van der Waals surface area (Å²) in [6, 6.07) is 14.7. The molecule has 0 aliphatic heterocycles. The molecular formula is C19H20N3O4S+. The Morgan fingerprint density at radius 3 is 2.52 bits per heavy atom. The lowest BCUT2D eigenvalue weighted by molar-refractivity contribution is -0.700. The normalized spacial score (nSPS) is 11.1. The Labute approximate surface area is 158 Å². The minimum absolute atomic E-state index is 0.0984. The maximum atomic E-state index is 12.4. The molecule has 140 valence electrons. The second kappa shape index (κ2) is 8.05. The van der Waals surface area contributed by atoms with Crippen molar-refractivity contribution in [3.8, 4) is 11.5 Å². The fraction of sp³-hybridized carbons (Fsp3) is 0.158. The van der Waals surface area contributed by atoms with Crippen LogP contribution in [0, 0.1) is 6.92 Å². The number of hydrogen-bond donors (Lipinski definition) is 1. The van der Waals surface area contributed by atoms with Crippen LogP contribution < -0.4 is 19.2 Å². The standard InChI is InChI=1S/C19H19N3O4S/c1-15-11-16(25-10-9-22-8-7-19(20)21-14-22)13-17(12-15)26-27(23,24)18-5-3-2-4-6-18/h2-8,11-14,20H,9-10H2,1H3/p+1. The molecule has 7 nitrogen and oxygen atoms in total. The molecule has 0 atom stereocenters. The van der Waals surface area contributed by atoms with E-state index in [1.807, 2.05) is 23.8 Å². The molecule has 0 radical (unpaired) electrons. The van der Waals surface area contributed by atoms with Crippen LogP contribution >= 0.6 is 0 Å². The molecule has 0 fully saturated rings. The average Bonchev–Trinajstić information content (AvgIpc) is 2.63. The van der Waals surface area contributed by atoms with E-state index < -0.39 is 10.1 Å². The van der Waals surface area contributed by atoms with E-state index in [2.05, 4.69) is 4.98 Å². The summed E-state index contributed by atoms with van der Waals surface area (Å²) in [5, 5.41) is 0. The summed E-state index contributed by atoms with van der Waals surface area (Å²) < 4.78 is 37.5. The average molecular weight is 386 g/mol. The van der Waals surface area contributed by atoms with Crippen LogP contribution in [0.4, 0.5) is 5.82 Å². The second-order valence-electron chi connectivity index (χ2n) is 5.90. The maximum absolute atomic E-state index is 12.4. The zero-order valence-corrected chi connectivity index (χ0v) is 15.6. The van der Waals surface area contributed by atoms with Gasteiger partial charge in [0, 0.05) is 12.1 Å². The highest BCUT2D eigenvalue weighted by Gasteiger charge is 2.16. The first-order valence-corrected chi connectivity index (χ1v) is 9.68. The number of ether oxygens (including phenoxy) is 1. The molecule has 3 rings (SSSR count). The predicted octanol–water partition coefficient (Wildman–Crippen LogP) is 2.11. The number of nitrogens with two attached hydrogens (primary N) is 1. The second-order valence-corrected chi connectivity index (χ2v) is 7.45. The molecule has 0 spiro atoms. The number of nitrogen functional groups attached to an aromatic ring is 1. The van der Waals surface area contributed by atoms with Crippen molar-refractivity contribution in [2.24, 2.45) is 0 Å². The molecule has 1 heterocycles. The first-order chi connectivity index (χ1) is 12.9. The monoisotopic (exact) mass is 386 g/mol. The molecule has 0 saturated heterocycles. The fourth-order valence-corrected chi connectivity index (χ4v) is 3.34. The molecule has 0 aliphatic rings. The number of rotatable bonds is 7. The first-order valence-electron chi connectivity index (χ1n) is 8.27. The van der Waals surface area contributed by atoms with Gasteiger partial charge in [0.25, 0.3) is 6.33 Å². The van der Waals surface area contributed by atoms with Crippen molar-refractivity contribution in [3.05, 3.63) is 72.7 Å². The number of hydrogen-bond acceptors (Lipinski definition) is 6. The topological polar surface area (TPSA) is 95.4 Å². The number of aryl methyl sites for hydroxylation is 1. The Morgan fingerprint density at radius 1 is 1.07 bits per heavy atom. The van der Waals surface area contributed by atoms with Gasteiger partial charge in [0.15, 0.2) is 0 Å². The Kier molecular flexibility index (Phi) is 5.56. The summed E-state index contributed by atoms with van der Waals surface area (Å²) in [7, 11) is -3.89. The summed E-state index contributed by atoms with van der Waals surface area (Å²) in [6.45, 7) is 2.79. The van der Waals surface area contributed by atoms with E-state index in [1.165, 1.54) is 12.1 Å². The summed E-state index contributed by atoms with van der Waals surface area (Å²) in [6.07, 6.45) is 3.43. The van der Waals surface area contributed by atoms with Crippen molar-refractivity contribution in [1.82, 2.24) is 4.98 Å². The van der Waals surface area contributed by atoms with Gasteiger partial charge in [-0.15, -0.1) is 0 Å². The summed E-state index contributed by atoms with van der Waals surface area (Å²) in [4.78, 5) is 4.10. The third-order valence-electron chi connectivity index (χ3n) is 3.67. The summed E-state index contributed by atoms with van der Waals surface area (Å²) >= 11 is 0. The van der Waals surface area contributed by atoms with E-state index in [0.29, 0.717) is 24.7 Å².